The first-order valence-corrected chi connectivity index (χ1v) is 10.2. The van der Waals surface area contributed by atoms with E-state index < -0.39 is 11.6 Å². The summed E-state index contributed by atoms with van der Waals surface area (Å²) < 4.78 is 12.4. The summed E-state index contributed by atoms with van der Waals surface area (Å²) in [5, 5.41) is 4.49. The molecule has 0 bridgehead atoms. The number of aromatic nitrogens is 4. The predicted molar refractivity (Wildman–Crippen MR) is 121 cm³/mol. The van der Waals surface area contributed by atoms with Crippen molar-refractivity contribution in [3.8, 4) is 28.4 Å². The normalized spacial score (nSPS) is 11.4. The Morgan fingerprint density at radius 3 is 2.41 bits per heavy atom. The first kappa shape index (κ1) is 22.9. The fourth-order valence-corrected chi connectivity index (χ4v) is 3.02. The number of benzene rings is 1. The van der Waals surface area contributed by atoms with Crippen molar-refractivity contribution in [1.82, 2.24) is 19.7 Å². The van der Waals surface area contributed by atoms with Gasteiger partial charge in [-0.2, -0.15) is 10.1 Å². The third-order valence-corrected chi connectivity index (χ3v) is 4.26. The zero-order chi connectivity index (χ0) is 23.5. The highest BCUT2D eigenvalue weighted by Crippen LogP contribution is 2.36. The Labute approximate surface area is 186 Å². The minimum absolute atomic E-state index is 0.0241. The molecule has 9 heteroatoms. The van der Waals surface area contributed by atoms with E-state index in [0.717, 1.165) is 5.56 Å². The van der Waals surface area contributed by atoms with Crippen LogP contribution in [0.4, 0.5) is 5.95 Å². The zero-order valence-corrected chi connectivity index (χ0v) is 18.8. The summed E-state index contributed by atoms with van der Waals surface area (Å²) in [4.78, 5) is 33.1. The quantitative estimate of drug-likeness (QED) is 0.583. The predicted octanol–water partition coefficient (Wildman–Crippen LogP) is 3.25. The van der Waals surface area contributed by atoms with Crippen LogP contribution in [0.15, 0.2) is 47.3 Å². The van der Waals surface area contributed by atoms with Gasteiger partial charge in [0.25, 0.3) is 5.56 Å². The molecule has 0 saturated carbocycles. The molecule has 0 atom stereocenters. The maximum absolute atomic E-state index is 12.2. The van der Waals surface area contributed by atoms with Gasteiger partial charge in [-0.3, -0.25) is 4.79 Å². The molecule has 0 fully saturated rings. The molecule has 0 aliphatic rings. The van der Waals surface area contributed by atoms with Crippen LogP contribution < -0.4 is 16.0 Å². The lowest BCUT2D eigenvalue weighted by Gasteiger charge is -2.20. The van der Waals surface area contributed by atoms with E-state index in [0.29, 0.717) is 17.0 Å². The molecule has 168 valence electrons. The number of nitrogen functional groups attached to an aromatic ring is 1. The molecule has 9 nitrogen and oxygen atoms in total. The Hall–Kier alpha value is -3.75. The van der Waals surface area contributed by atoms with Crippen molar-refractivity contribution in [3.63, 3.8) is 0 Å². The van der Waals surface area contributed by atoms with Crippen LogP contribution in [0.2, 0.25) is 0 Å². The average molecular weight is 438 g/mol. The van der Waals surface area contributed by atoms with Gasteiger partial charge in [-0.1, -0.05) is 30.3 Å². The van der Waals surface area contributed by atoms with Crippen molar-refractivity contribution < 1.29 is 14.3 Å². The summed E-state index contributed by atoms with van der Waals surface area (Å²) in [7, 11) is 0. The second-order valence-electron chi connectivity index (χ2n) is 8.45. The molecule has 0 spiro atoms. The number of ether oxygens (including phenoxy) is 2. The molecule has 0 saturated heterocycles. The summed E-state index contributed by atoms with van der Waals surface area (Å²) in [6.45, 7) is 8.65. The molecule has 2 heterocycles. The number of hydrogen-bond acceptors (Lipinski definition) is 8. The van der Waals surface area contributed by atoms with Crippen LogP contribution in [0.5, 0.6) is 5.88 Å². The van der Waals surface area contributed by atoms with Gasteiger partial charge in [0.05, 0.1) is 23.0 Å². The summed E-state index contributed by atoms with van der Waals surface area (Å²) in [6, 6.07) is 12.2. The van der Waals surface area contributed by atoms with Gasteiger partial charge < -0.3 is 15.2 Å². The van der Waals surface area contributed by atoms with E-state index in [1.165, 1.54) is 10.7 Å². The van der Waals surface area contributed by atoms with Crippen LogP contribution in [-0.4, -0.2) is 37.9 Å². The third-order valence-electron chi connectivity index (χ3n) is 4.26. The van der Waals surface area contributed by atoms with Crippen molar-refractivity contribution in [2.24, 2.45) is 0 Å². The fraction of sp³-hybridized carbons (Fsp3) is 0.348. The Morgan fingerprint density at radius 1 is 1.09 bits per heavy atom. The highest BCUT2D eigenvalue weighted by Gasteiger charge is 2.23. The lowest BCUT2D eigenvalue weighted by Crippen LogP contribution is -2.27. The summed E-state index contributed by atoms with van der Waals surface area (Å²) in [5.74, 6) is -0.505. The Kier molecular flexibility index (Phi) is 6.57. The maximum atomic E-state index is 12.2. The van der Waals surface area contributed by atoms with Crippen LogP contribution in [-0.2, 0) is 9.53 Å². The fourth-order valence-electron chi connectivity index (χ4n) is 3.02. The first-order valence-electron chi connectivity index (χ1n) is 10.2. The largest absolute Gasteiger partial charge is 0.465 e. The second kappa shape index (κ2) is 9.17. The number of hydrogen-bond donors (Lipinski definition) is 1. The summed E-state index contributed by atoms with van der Waals surface area (Å²) >= 11 is 0. The van der Waals surface area contributed by atoms with Gasteiger partial charge in [-0.15, -0.1) is 0 Å². The van der Waals surface area contributed by atoms with Gasteiger partial charge in [-0.05, 0) is 40.7 Å². The van der Waals surface area contributed by atoms with Crippen molar-refractivity contribution in [2.45, 2.75) is 46.3 Å². The molecule has 0 radical (unpaired) electrons. The van der Waals surface area contributed by atoms with Gasteiger partial charge in [0.15, 0.2) is 6.61 Å². The van der Waals surface area contributed by atoms with Crippen LogP contribution in [0.25, 0.3) is 22.5 Å². The molecule has 0 amide bonds. The third kappa shape index (κ3) is 5.48. The number of carbonyl (C=O) groups excluding carboxylic acids is 1. The van der Waals surface area contributed by atoms with Gasteiger partial charge in [0.2, 0.25) is 11.8 Å². The topological polar surface area (TPSA) is 122 Å². The van der Waals surface area contributed by atoms with E-state index in [9.17, 15) is 9.59 Å². The Balaban J connectivity index is 2.15. The van der Waals surface area contributed by atoms with Crippen LogP contribution in [0.1, 0.15) is 40.7 Å². The van der Waals surface area contributed by atoms with Crippen molar-refractivity contribution in [3.05, 3.63) is 52.8 Å². The zero-order valence-electron chi connectivity index (χ0n) is 18.8. The average Bonchev–Trinajstić information content (AvgIpc) is 2.71. The molecule has 32 heavy (non-hydrogen) atoms. The SMILES string of the molecule is CC(C)n1nc(-c2c(OCC(=O)OC(C)(C)C)nc(N)nc2-c2ccccc2)ccc1=O. The highest BCUT2D eigenvalue weighted by molar-refractivity contribution is 5.83. The number of carbonyl (C=O) groups is 1. The van der Waals surface area contributed by atoms with E-state index in [-0.39, 0.29) is 30.0 Å². The molecule has 2 aromatic heterocycles. The van der Waals surface area contributed by atoms with Gasteiger partial charge in [0.1, 0.15) is 5.60 Å². The molecule has 2 N–H and O–H groups in total. The van der Waals surface area contributed by atoms with E-state index in [2.05, 4.69) is 15.1 Å². The second-order valence-corrected chi connectivity index (χ2v) is 8.45. The number of anilines is 1. The number of nitrogens with zero attached hydrogens (tertiary/aromatic N) is 4. The number of rotatable bonds is 6. The van der Waals surface area contributed by atoms with Crippen molar-refractivity contribution in [2.75, 3.05) is 12.3 Å². The van der Waals surface area contributed by atoms with E-state index in [4.69, 9.17) is 15.2 Å². The van der Waals surface area contributed by atoms with Gasteiger partial charge in [0, 0.05) is 11.6 Å². The summed E-state index contributed by atoms with van der Waals surface area (Å²) in [6.07, 6.45) is 0. The van der Waals surface area contributed by atoms with Crippen molar-refractivity contribution >= 4 is 11.9 Å². The monoisotopic (exact) mass is 437 g/mol. The van der Waals surface area contributed by atoms with Crippen LogP contribution >= 0.6 is 0 Å². The molecular weight excluding hydrogens is 410 g/mol. The lowest BCUT2D eigenvalue weighted by atomic mass is 10.0. The number of nitrogens with two attached hydrogens (primary N) is 1. The first-order chi connectivity index (χ1) is 15.0. The Bertz CT molecular complexity index is 1170. The molecule has 3 aromatic rings. The van der Waals surface area contributed by atoms with E-state index in [1.807, 2.05) is 44.2 Å². The highest BCUT2D eigenvalue weighted by atomic mass is 16.6. The Morgan fingerprint density at radius 2 is 1.78 bits per heavy atom. The van der Waals surface area contributed by atoms with E-state index in [1.54, 1.807) is 26.8 Å². The smallest absolute Gasteiger partial charge is 0.344 e. The minimum atomic E-state index is -0.655. The molecule has 0 aliphatic carbocycles. The molecule has 0 unspecified atom stereocenters. The van der Waals surface area contributed by atoms with Gasteiger partial charge in [-0.25, -0.2) is 14.5 Å². The van der Waals surface area contributed by atoms with Crippen LogP contribution in [0, 0.1) is 0 Å². The molecule has 3 rings (SSSR count). The molecule has 0 aliphatic heterocycles. The van der Waals surface area contributed by atoms with E-state index >= 15 is 0 Å². The number of esters is 1. The van der Waals surface area contributed by atoms with Crippen LogP contribution in [0.3, 0.4) is 0 Å². The lowest BCUT2D eigenvalue weighted by molar-refractivity contribution is -0.157. The maximum Gasteiger partial charge on any atom is 0.344 e. The van der Waals surface area contributed by atoms with Gasteiger partial charge >= 0.3 is 5.97 Å². The summed E-state index contributed by atoms with van der Waals surface area (Å²) in [5.41, 5.74) is 7.12. The molecular formula is C23H27N5O4. The molecule has 1 aromatic carbocycles. The van der Waals surface area contributed by atoms with Crippen molar-refractivity contribution in [1.29, 1.82) is 0 Å². The minimum Gasteiger partial charge on any atom is -0.465 e. The standard InChI is InChI=1S/C23H27N5O4/c1-14(2)28-17(29)12-11-16(27-28)19-20(15-9-7-6-8-10-15)25-22(24)26-21(19)31-13-18(30)32-23(3,4)5/h6-12,14H,13H2,1-5H3,(H2,24,25,26).